The molecule has 2 aromatic heterocycles. The molecular weight excluding hydrogens is 387 g/mol. The molecule has 0 aliphatic heterocycles. The van der Waals surface area contributed by atoms with Gasteiger partial charge in [0.25, 0.3) is 5.69 Å². The Morgan fingerprint density at radius 2 is 2.00 bits per heavy atom. The maximum atomic E-state index is 13.9. The maximum absolute atomic E-state index is 13.9. The molecule has 23 heavy (non-hydrogen) atoms. The van der Waals surface area contributed by atoms with Gasteiger partial charge in [-0.25, -0.2) is 4.39 Å². The van der Waals surface area contributed by atoms with Gasteiger partial charge in [-0.2, -0.15) is 0 Å². The number of non-ortho nitro benzene ring substituents is 1. The molecule has 8 heteroatoms. The predicted octanol–water partition coefficient (Wildman–Crippen LogP) is 5.92. The lowest BCUT2D eigenvalue weighted by Crippen LogP contribution is -1.92. The third-order valence-electron chi connectivity index (χ3n) is 2.69. The third kappa shape index (κ3) is 3.83. The van der Waals surface area contributed by atoms with E-state index in [0.29, 0.717) is 5.75 Å². The first-order valence-corrected chi connectivity index (χ1v) is 8.31. The van der Waals surface area contributed by atoms with Gasteiger partial charge >= 0.3 is 0 Å². The number of thiophene rings is 1. The van der Waals surface area contributed by atoms with Crippen molar-refractivity contribution >= 4 is 43.2 Å². The molecule has 3 rings (SSSR count). The molecule has 0 aliphatic carbocycles. The molecule has 0 saturated heterocycles. The Morgan fingerprint density at radius 1 is 1.26 bits per heavy atom. The van der Waals surface area contributed by atoms with Crippen LogP contribution in [0.5, 0.6) is 11.5 Å². The Morgan fingerprint density at radius 3 is 2.65 bits per heavy atom. The summed E-state index contributed by atoms with van der Waals surface area (Å²) in [5, 5.41) is 10.6. The molecule has 5 nitrogen and oxygen atoms in total. The van der Waals surface area contributed by atoms with Crippen molar-refractivity contribution in [3.8, 4) is 11.5 Å². The molecule has 0 radical (unpaired) electrons. The molecule has 0 unspecified atom stereocenters. The van der Waals surface area contributed by atoms with Gasteiger partial charge in [0.2, 0.25) is 0 Å². The third-order valence-corrected chi connectivity index (χ3v) is 4.33. The average Bonchev–Trinajstić information content (AvgIpc) is 2.92. The zero-order valence-corrected chi connectivity index (χ0v) is 14.6. The first-order chi connectivity index (χ1) is 11.0. The minimum absolute atomic E-state index is 0.0716. The number of rotatable bonds is 3. The molecule has 1 aromatic carbocycles. The highest BCUT2D eigenvalue weighted by Gasteiger charge is 2.14. The fourth-order valence-corrected chi connectivity index (χ4v) is 3.27. The summed E-state index contributed by atoms with van der Waals surface area (Å²) in [6.07, 6.45) is 1.56. The highest BCUT2D eigenvalue weighted by atomic mass is 79.9. The van der Waals surface area contributed by atoms with Gasteiger partial charge in [-0.3, -0.25) is 15.1 Å². The van der Waals surface area contributed by atoms with E-state index in [9.17, 15) is 14.5 Å². The van der Waals surface area contributed by atoms with E-state index in [1.807, 2.05) is 19.9 Å². The second-order valence-electron chi connectivity index (χ2n) is 4.05. The van der Waals surface area contributed by atoms with Crippen LogP contribution < -0.4 is 4.74 Å². The first-order valence-electron chi connectivity index (χ1n) is 6.70. The topological polar surface area (TPSA) is 65.3 Å². The molecular formula is C15H12BrFN2O3S. The maximum Gasteiger partial charge on any atom is 0.272 e. The number of pyridine rings is 1. The van der Waals surface area contributed by atoms with Gasteiger partial charge < -0.3 is 4.74 Å². The van der Waals surface area contributed by atoms with Crippen LogP contribution >= 0.6 is 27.3 Å². The molecule has 0 spiro atoms. The van der Waals surface area contributed by atoms with Crippen LogP contribution in [-0.2, 0) is 0 Å². The highest BCUT2D eigenvalue weighted by molar-refractivity contribution is 9.11. The standard InChI is InChI=1S/C13H6BrFN2O3S.C2H6/c14-12-6-9-13(21-12)11(3-4-16-9)20-10-2-1-7(17(18)19)5-8(10)15;1-2/h1-6H;1-2H3. The smallest absolute Gasteiger partial charge is 0.272 e. The predicted molar refractivity (Wildman–Crippen MR) is 91.8 cm³/mol. The second-order valence-corrected chi connectivity index (χ2v) is 6.48. The highest BCUT2D eigenvalue weighted by Crippen LogP contribution is 2.37. The molecule has 2 heterocycles. The quantitative estimate of drug-likeness (QED) is 0.405. The number of ether oxygens (including phenoxy) is 1. The number of benzene rings is 1. The first kappa shape index (κ1) is 17.3. The van der Waals surface area contributed by atoms with Gasteiger partial charge in [0.05, 0.1) is 25.0 Å². The summed E-state index contributed by atoms with van der Waals surface area (Å²) in [5.74, 6) is -0.411. The Balaban J connectivity index is 0.000000924. The van der Waals surface area contributed by atoms with Crippen LogP contribution in [-0.4, -0.2) is 9.91 Å². The van der Waals surface area contributed by atoms with Gasteiger partial charge in [-0.05, 0) is 28.1 Å². The SMILES string of the molecule is CC.O=[N+]([O-])c1ccc(Oc2ccnc3cc(Br)sc23)c(F)c1. The Bertz CT molecular complexity index is 854. The number of fused-ring (bicyclic) bond motifs is 1. The molecule has 0 saturated carbocycles. The van der Waals surface area contributed by atoms with Crippen LogP contribution in [0, 0.1) is 15.9 Å². The lowest BCUT2D eigenvalue weighted by molar-refractivity contribution is -0.385. The number of aromatic nitrogens is 1. The fraction of sp³-hybridized carbons (Fsp3) is 0.133. The van der Waals surface area contributed by atoms with Crippen molar-refractivity contribution in [3.63, 3.8) is 0 Å². The number of hydrogen-bond donors (Lipinski definition) is 0. The minimum atomic E-state index is -0.787. The molecule has 0 aliphatic rings. The summed E-state index contributed by atoms with van der Waals surface area (Å²) in [5.41, 5.74) is 0.408. The van der Waals surface area contributed by atoms with Gasteiger partial charge in [0.1, 0.15) is 5.75 Å². The van der Waals surface area contributed by atoms with Crippen molar-refractivity contribution < 1.29 is 14.1 Å². The normalized spacial score (nSPS) is 10.1. The Labute approximate surface area is 144 Å². The number of hydrogen-bond acceptors (Lipinski definition) is 5. The summed E-state index contributed by atoms with van der Waals surface area (Å²) >= 11 is 4.77. The monoisotopic (exact) mass is 398 g/mol. The van der Waals surface area contributed by atoms with E-state index < -0.39 is 10.7 Å². The van der Waals surface area contributed by atoms with E-state index in [2.05, 4.69) is 20.9 Å². The zero-order valence-electron chi connectivity index (χ0n) is 12.2. The number of nitrogens with zero attached hydrogens (tertiary/aromatic N) is 2. The van der Waals surface area contributed by atoms with Crippen molar-refractivity contribution in [1.82, 2.24) is 4.98 Å². The van der Waals surface area contributed by atoms with E-state index in [-0.39, 0.29) is 11.4 Å². The van der Waals surface area contributed by atoms with Crippen molar-refractivity contribution in [2.45, 2.75) is 13.8 Å². The van der Waals surface area contributed by atoms with Gasteiger partial charge in [-0.15, -0.1) is 11.3 Å². The summed E-state index contributed by atoms with van der Waals surface area (Å²) in [4.78, 5) is 14.1. The van der Waals surface area contributed by atoms with Crippen molar-refractivity contribution in [1.29, 1.82) is 0 Å². The van der Waals surface area contributed by atoms with Crippen molar-refractivity contribution in [3.05, 3.63) is 56.2 Å². The van der Waals surface area contributed by atoms with E-state index in [4.69, 9.17) is 4.74 Å². The minimum Gasteiger partial charge on any atom is -0.453 e. The van der Waals surface area contributed by atoms with Crippen LogP contribution in [0.2, 0.25) is 0 Å². The van der Waals surface area contributed by atoms with Crippen LogP contribution in [0.25, 0.3) is 10.2 Å². The second kappa shape index (κ2) is 7.47. The van der Waals surface area contributed by atoms with Gasteiger partial charge in [-0.1, -0.05) is 13.8 Å². The summed E-state index contributed by atoms with van der Waals surface area (Å²) in [6.45, 7) is 4.00. The lowest BCUT2D eigenvalue weighted by Gasteiger charge is -2.07. The number of nitro benzene ring substituents is 1. The van der Waals surface area contributed by atoms with Gasteiger partial charge in [0, 0.05) is 18.3 Å². The van der Waals surface area contributed by atoms with E-state index in [1.54, 1.807) is 12.3 Å². The summed E-state index contributed by atoms with van der Waals surface area (Å²) in [6, 6.07) is 6.72. The van der Waals surface area contributed by atoms with E-state index in [1.165, 1.54) is 23.5 Å². The fourth-order valence-electron chi connectivity index (χ4n) is 1.77. The molecule has 120 valence electrons. The van der Waals surface area contributed by atoms with Gasteiger partial charge in [0.15, 0.2) is 11.6 Å². The molecule has 0 N–H and O–H groups in total. The van der Waals surface area contributed by atoms with E-state index >= 15 is 0 Å². The summed E-state index contributed by atoms with van der Waals surface area (Å²) < 4.78 is 21.0. The van der Waals surface area contributed by atoms with Crippen molar-refractivity contribution in [2.24, 2.45) is 0 Å². The lowest BCUT2D eigenvalue weighted by atomic mass is 10.3. The Kier molecular flexibility index (Phi) is 5.62. The molecule has 0 fully saturated rings. The van der Waals surface area contributed by atoms with Crippen LogP contribution in [0.15, 0.2) is 40.3 Å². The summed E-state index contributed by atoms with van der Waals surface area (Å²) in [7, 11) is 0. The Hall–Kier alpha value is -2.06. The molecule has 3 aromatic rings. The molecule has 0 bridgehead atoms. The van der Waals surface area contributed by atoms with Crippen LogP contribution in [0.1, 0.15) is 13.8 Å². The van der Waals surface area contributed by atoms with Crippen LogP contribution in [0.4, 0.5) is 10.1 Å². The van der Waals surface area contributed by atoms with E-state index in [0.717, 1.165) is 20.1 Å². The number of nitro groups is 1. The van der Waals surface area contributed by atoms with Crippen molar-refractivity contribution in [2.75, 3.05) is 0 Å². The van der Waals surface area contributed by atoms with Crippen LogP contribution in [0.3, 0.4) is 0 Å². The molecule has 0 amide bonds. The zero-order chi connectivity index (χ0) is 17.0. The molecule has 0 atom stereocenters. The number of halogens is 2. The largest absolute Gasteiger partial charge is 0.453 e. The average molecular weight is 399 g/mol.